The first-order chi connectivity index (χ1) is 11.2. The highest BCUT2D eigenvalue weighted by Crippen LogP contribution is 2.39. The van der Waals surface area contributed by atoms with Crippen LogP contribution in [0.3, 0.4) is 0 Å². The maximum absolute atomic E-state index is 6.41. The van der Waals surface area contributed by atoms with Gasteiger partial charge in [-0.2, -0.15) is 0 Å². The Morgan fingerprint density at radius 1 is 1.12 bits per heavy atom. The van der Waals surface area contributed by atoms with Crippen LogP contribution in [-0.2, 0) is 15.8 Å². The van der Waals surface area contributed by atoms with E-state index in [1.807, 2.05) is 12.1 Å². The molecule has 0 unspecified atom stereocenters. The minimum Gasteiger partial charge on any atom is -0.547 e. The van der Waals surface area contributed by atoms with Gasteiger partial charge in [0.15, 0.2) is 0 Å². The van der Waals surface area contributed by atoms with Crippen LogP contribution >= 0.6 is 0 Å². The highest BCUT2D eigenvalue weighted by molar-refractivity contribution is 6.74. The first kappa shape index (κ1) is 19.1. The number of methoxy groups -OCH3 is 1. The van der Waals surface area contributed by atoms with Crippen LogP contribution in [0.25, 0.3) is 0 Å². The van der Waals surface area contributed by atoms with E-state index in [9.17, 15) is 0 Å². The zero-order valence-corrected chi connectivity index (χ0v) is 17.0. The summed E-state index contributed by atoms with van der Waals surface area (Å²) in [7, 11) is -0.0316. The van der Waals surface area contributed by atoms with Gasteiger partial charge < -0.3 is 13.9 Å². The SMILES string of the molecule is COc1ccc(CO[C@H]2CC=C(O[Si](C)(C)C(C)(C)C)CC2)cc1. The molecule has 1 aromatic carbocycles. The predicted molar refractivity (Wildman–Crippen MR) is 102 cm³/mol. The highest BCUT2D eigenvalue weighted by atomic mass is 28.4. The summed E-state index contributed by atoms with van der Waals surface area (Å²) in [5.74, 6) is 2.05. The molecule has 0 saturated heterocycles. The van der Waals surface area contributed by atoms with E-state index in [2.05, 4.69) is 52.1 Å². The molecule has 0 radical (unpaired) electrons. The molecule has 0 N–H and O–H groups in total. The van der Waals surface area contributed by atoms with Crippen LogP contribution < -0.4 is 4.74 Å². The van der Waals surface area contributed by atoms with Gasteiger partial charge in [-0.05, 0) is 54.7 Å². The Hall–Kier alpha value is -1.26. The van der Waals surface area contributed by atoms with E-state index in [1.54, 1.807) is 7.11 Å². The molecular formula is C20H32O3Si. The lowest BCUT2D eigenvalue weighted by Gasteiger charge is -2.38. The second-order valence-electron chi connectivity index (χ2n) is 8.09. The molecule has 0 aliphatic heterocycles. The average molecular weight is 349 g/mol. The van der Waals surface area contributed by atoms with Gasteiger partial charge in [-0.15, -0.1) is 0 Å². The second kappa shape index (κ2) is 7.75. The molecule has 1 aliphatic rings. The lowest BCUT2D eigenvalue weighted by atomic mass is 10.0. The number of rotatable bonds is 6. The quantitative estimate of drug-likeness (QED) is 0.620. The zero-order valence-electron chi connectivity index (χ0n) is 16.0. The highest BCUT2D eigenvalue weighted by Gasteiger charge is 2.39. The maximum Gasteiger partial charge on any atom is 0.250 e. The van der Waals surface area contributed by atoms with Crippen molar-refractivity contribution in [1.82, 2.24) is 0 Å². The van der Waals surface area contributed by atoms with Crippen LogP contribution in [0.15, 0.2) is 36.1 Å². The van der Waals surface area contributed by atoms with Crippen molar-refractivity contribution in [1.29, 1.82) is 0 Å². The monoisotopic (exact) mass is 348 g/mol. The number of hydrogen-bond donors (Lipinski definition) is 0. The number of ether oxygens (including phenoxy) is 2. The van der Waals surface area contributed by atoms with E-state index in [1.165, 1.54) is 11.3 Å². The van der Waals surface area contributed by atoms with Gasteiger partial charge in [0.05, 0.1) is 25.6 Å². The molecule has 1 aromatic rings. The van der Waals surface area contributed by atoms with Crippen LogP contribution in [0.2, 0.25) is 18.1 Å². The van der Waals surface area contributed by atoms with E-state index < -0.39 is 8.32 Å². The Balaban J connectivity index is 1.82. The molecule has 2 rings (SSSR count). The predicted octanol–water partition coefficient (Wildman–Crippen LogP) is 5.67. The molecule has 1 aliphatic carbocycles. The molecule has 134 valence electrons. The van der Waals surface area contributed by atoms with E-state index in [0.717, 1.165) is 25.0 Å². The Morgan fingerprint density at radius 2 is 1.79 bits per heavy atom. The van der Waals surface area contributed by atoms with Crippen molar-refractivity contribution >= 4 is 8.32 Å². The van der Waals surface area contributed by atoms with E-state index in [0.29, 0.717) is 12.7 Å². The first-order valence-corrected chi connectivity index (χ1v) is 11.7. The zero-order chi connectivity index (χ0) is 17.8. The number of allylic oxidation sites excluding steroid dienone is 1. The minimum absolute atomic E-state index is 0.246. The van der Waals surface area contributed by atoms with Crippen molar-refractivity contribution in [2.45, 2.75) is 70.9 Å². The van der Waals surface area contributed by atoms with Gasteiger partial charge in [0, 0.05) is 6.42 Å². The molecule has 0 bridgehead atoms. The van der Waals surface area contributed by atoms with Crippen molar-refractivity contribution in [3.63, 3.8) is 0 Å². The normalized spacial score (nSPS) is 18.9. The smallest absolute Gasteiger partial charge is 0.250 e. The summed E-state index contributed by atoms with van der Waals surface area (Å²) in [5, 5.41) is 0.246. The third kappa shape index (κ3) is 5.12. The molecular weight excluding hydrogens is 316 g/mol. The summed E-state index contributed by atoms with van der Waals surface area (Å²) >= 11 is 0. The molecule has 0 fully saturated rings. The largest absolute Gasteiger partial charge is 0.547 e. The Labute approximate surface area is 148 Å². The van der Waals surface area contributed by atoms with Crippen LogP contribution in [-0.4, -0.2) is 21.5 Å². The Kier molecular flexibility index (Phi) is 6.15. The topological polar surface area (TPSA) is 27.7 Å². The minimum atomic E-state index is -1.72. The fraction of sp³-hybridized carbons (Fsp3) is 0.600. The fourth-order valence-corrected chi connectivity index (χ4v) is 3.59. The molecule has 3 nitrogen and oxygen atoms in total. The standard InChI is InChI=1S/C20H32O3Si/c1-20(2,3)24(5,6)23-19-13-11-18(12-14-19)22-15-16-7-9-17(21-4)10-8-16/h7-10,13,18H,11-12,14-15H2,1-6H3/t18-/m0/s1. The number of hydrogen-bond acceptors (Lipinski definition) is 3. The molecule has 0 aromatic heterocycles. The average Bonchev–Trinajstić information content (AvgIpc) is 2.53. The second-order valence-corrected chi connectivity index (χ2v) is 12.8. The lowest BCUT2D eigenvalue weighted by Crippen LogP contribution is -2.40. The molecule has 24 heavy (non-hydrogen) atoms. The number of benzene rings is 1. The maximum atomic E-state index is 6.41. The van der Waals surface area contributed by atoms with Crippen LogP contribution in [0.1, 0.15) is 45.6 Å². The van der Waals surface area contributed by atoms with E-state index in [-0.39, 0.29) is 5.04 Å². The molecule has 0 heterocycles. The van der Waals surface area contributed by atoms with Crippen molar-refractivity contribution < 1.29 is 13.9 Å². The van der Waals surface area contributed by atoms with Crippen molar-refractivity contribution in [3.05, 3.63) is 41.7 Å². The summed E-state index contributed by atoms with van der Waals surface area (Å²) < 4.78 is 17.6. The first-order valence-electron chi connectivity index (χ1n) is 8.84. The van der Waals surface area contributed by atoms with Crippen LogP contribution in [0.4, 0.5) is 0 Å². The van der Waals surface area contributed by atoms with E-state index >= 15 is 0 Å². The van der Waals surface area contributed by atoms with Gasteiger partial charge in [-0.25, -0.2) is 0 Å². The lowest BCUT2D eigenvalue weighted by molar-refractivity contribution is 0.0310. The molecule has 0 saturated carbocycles. The van der Waals surface area contributed by atoms with Gasteiger partial charge in [0.1, 0.15) is 5.75 Å². The van der Waals surface area contributed by atoms with Gasteiger partial charge in [-0.1, -0.05) is 32.9 Å². The molecule has 1 atom stereocenters. The molecule has 0 amide bonds. The van der Waals surface area contributed by atoms with Crippen LogP contribution in [0.5, 0.6) is 5.75 Å². The van der Waals surface area contributed by atoms with Gasteiger partial charge in [0.2, 0.25) is 8.32 Å². The van der Waals surface area contributed by atoms with Crippen molar-refractivity contribution in [2.24, 2.45) is 0 Å². The molecule has 0 spiro atoms. The Morgan fingerprint density at radius 3 is 2.29 bits per heavy atom. The van der Waals surface area contributed by atoms with E-state index in [4.69, 9.17) is 13.9 Å². The summed E-state index contributed by atoms with van der Waals surface area (Å²) in [4.78, 5) is 0. The third-order valence-electron chi connectivity index (χ3n) is 5.16. The summed E-state index contributed by atoms with van der Waals surface area (Å²) in [6.07, 6.45) is 5.50. The summed E-state index contributed by atoms with van der Waals surface area (Å²) in [6, 6.07) is 8.07. The summed E-state index contributed by atoms with van der Waals surface area (Å²) in [5.41, 5.74) is 1.18. The molecule has 4 heteroatoms. The Bertz CT molecular complexity index is 555. The van der Waals surface area contributed by atoms with Gasteiger partial charge in [0.25, 0.3) is 0 Å². The fourth-order valence-electron chi connectivity index (χ4n) is 2.45. The van der Waals surface area contributed by atoms with Crippen molar-refractivity contribution in [3.8, 4) is 5.75 Å². The van der Waals surface area contributed by atoms with Gasteiger partial charge in [-0.3, -0.25) is 0 Å². The van der Waals surface area contributed by atoms with Crippen LogP contribution in [0, 0.1) is 0 Å². The van der Waals surface area contributed by atoms with Gasteiger partial charge >= 0.3 is 0 Å². The van der Waals surface area contributed by atoms with Crippen molar-refractivity contribution in [2.75, 3.05) is 7.11 Å². The summed E-state index contributed by atoms with van der Waals surface area (Å²) in [6.45, 7) is 12.1. The third-order valence-corrected chi connectivity index (χ3v) is 9.54.